The number of benzene rings is 2. The second-order valence-electron chi connectivity index (χ2n) is 5.27. The van der Waals surface area contributed by atoms with Crippen LogP contribution in [0.15, 0.2) is 47.5 Å². The second kappa shape index (κ2) is 6.13. The molecule has 0 radical (unpaired) electrons. The zero-order valence-electron chi connectivity index (χ0n) is 12.1. The maximum atomic E-state index is 13.6. The number of rotatable bonds is 2. The van der Waals surface area contributed by atoms with Crippen molar-refractivity contribution in [3.8, 4) is 0 Å². The minimum absolute atomic E-state index is 0.0219. The van der Waals surface area contributed by atoms with Gasteiger partial charge in [-0.3, -0.25) is 0 Å². The van der Waals surface area contributed by atoms with E-state index in [9.17, 15) is 8.78 Å². The molecule has 22 heavy (non-hydrogen) atoms. The maximum Gasteiger partial charge on any atom is 0.196 e. The van der Waals surface area contributed by atoms with Gasteiger partial charge in [-0.05, 0) is 30.5 Å². The molecule has 0 unspecified atom stereocenters. The van der Waals surface area contributed by atoms with Gasteiger partial charge in [0.05, 0.1) is 6.54 Å². The van der Waals surface area contributed by atoms with Gasteiger partial charge in [0.25, 0.3) is 0 Å². The Morgan fingerprint density at radius 1 is 1.14 bits per heavy atom. The summed E-state index contributed by atoms with van der Waals surface area (Å²) in [6.45, 7) is 0.798. The largest absolute Gasteiger partial charge is 0.370 e. The highest BCUT2D eigenvalue weighted by Crippen LogP contribution is 2.26. The fourth-order valence-corrected chi connectivity index (χ4v) is 2.69. The summed E-state index contributed by atoms with van der Waals surface area (Å²) in [6.07, 6.45) is 2.00. The lowest BCUT2D eigenvalue weighted by atomic mass is 10.0. The van der Waals surface area contributed by atoms with Crippen LogP contribution >= 0.6 is 0 Å². The van der Waals surface area contributed by atoms with Crippen LogP contribution in [-0.2, 0) is 13.0 Å². The fourth-order valence-electron chi connectivity index (χ4n) is 2.69. The van der Waals surface area contributed by atoms with Crippen LogP contribution in [0.2, 0.25) is 0 Å². The summed E-state index contributed by atoms with van der Waals surface area (Å²) < 4.78 is 26.8. The zero-order chi connectivity index (χ0) is 15.5. The van der Waals surface area contributed by atoms with E-state index in [1.807, 2.05) is 23.1 Å². The average Bonchev–Trinajstić information content (AvgIpc) is 2.55. The normalized spacial score (nSPS) is 14.8. The molecule has 0 bridgehead atoms. The summed E-state index contributed by atoms with van der Waals surface area (Å²) in [5.41, 5.74) is 8.52. The molecule has 0 fully saturated rings. The maximum absolute atomic E-state index is 13.6. The van der Waals surface area contributed by atoms with Gasteiger partial charge in [0.1, 0.15) is 0 Å². The molecule has 114 valence electrons. The van der Waals surface area contributed by atoms with Gasteiger partial charge in [-0.15, -0.1) is 0 Å². The first-order chi connectivity index (χ1) is 10.7. The summed E-state index contributed by atoms with van der Waals surface area (Å²) >= 11 is 0. The van der Waals surface area contributed by atoms with Crippen molar-refractivity contribution in [1.82, 2.24) is 0 Å². The molecule has 2 aromatic carbocycles. The van der Waals surface area contributed by atoms with Crippen LogP contribution in [0.1, 0.15) is 17.5 Å². The summed E-state index contributed by atoms with van der Waals surface area (Å²) in [4.78, 5) is 6.16. The number of hydrogen-bond donors (Lipinski definition) is 1. The molecule has 0 amide bonds. The van der Waals surface area contributed by atoms with Gasteiger partial charge in [0.15, 0.2) is 17.6 Å². The van der Waals surface area contributed by atoms with Crippen molar-refractivity contribution < 1.29 is 8.78 Å². The molecule has 5 heteroatoms. The van der Waals surface area contributed by atoms with Crippen molar-refractivity contribution in [1.29, 1.82) is 0 Å². The zero-order valence-corrected chi connectivity index (χ0v) is 12.1. The Morgan fingerprint density at radius 3 is 2.82 bits per heavy atom. The highest BCUT2D eigenvalue weighted by molar-refractivity contribution is 5.95. The van der Waals surface area contributed by atoms with Crippen LogP contribution in [-0.4, -0.2) is 12.5 Å². The molecule has 2 N–H and O–H groups in total. The third kappa shape index (κ3) is 2.79. The van der Waals surface area contributed by atoms with E-state index in [0.29, 0.717) is 5.96 Å². The van der Waals surface area contributed by atoms with Gasteiger partial charge < -0.3 is 10.6 Å². The third-order valence-electron chi connectivity index (χ3n) is 3.83. The first-order valence-electron chi connectivity index (χ1n) is 7.25. The number of halogens is 2. The van der Waals surface area contributed by atoms with Gasteiger partial charge in [0, 0.05) is 17.8 Å². The highest BCUT2D eigenvalue weighted by atomic mass is 19.2. The standard InChI is InChI=1S/C17H17F2N3/c18-14-8-3-6-13(16(14)19)11-21-17(20)22-10-4-7-12-5-1-2-9-15(12)22/h1-3,5-6,8-9H,4,7,10-11H2,(H2,20,21). The van der Waals surface area contributed by atoms with E-state index in [1.165, 1.54) is 17.7 Å². The number of fused-ring (bicyclic) bond motifs is 1. The Morgan fingerprint density at radius 2 is 1.95 bits per heavy atom. The first-order valence-corrected chi connectivity index (χ1v) is 7.25. The molecule has 0 atom stereocenters. The number of hydrogen-bond acceptors (Lipinski definition) is 1. The number of nitrogens with two attached hydrogens (primary N) is 1. The quantitative estimate of drug-likeness (QED) is 0.683. The summed E-state index contributed by atoms with van der Waals surface area (Å²) in [7, 11) is 0. The Hall–Kier alpha value is -2.43. The molecule has 0 aromatic heterocycles. The van der Waals surface area contributed by atoms with E-state index < -0.39 is 11.6 Å². The van der Waals surface area contributed by atoms with E-state index in [4.69, 9.17) is 5.73 Å². The monoisotopic (exact) mass is 301 g/mol. The van der Waals surface area contributed by atoms with Crippen molar-refractivity contribution in [2.24, 2.45) is 10.7 Å². The molecular weight excluding hydrogens is 284 g/mol. The molecule has 2 aromatic rings. The van der Waals surface area contributed by atoms with Gasteiger partial charge >= 0.3 is 0 Å². The van der Waals surface area contributed by atoms with Crippen LogP contribution in [0.25, 0.3) is 0 Å². The van der Waals surface area contributed by atoms with Gasteiger partial charge in [-0.25, -0.2) is 13.8 Å². The van der Waals surface area contributed by atoms with Crippen molar-refractivity contribution in [2.75, 3.05) is 11.4 Å². The molecule has 1 heterocycles. The fraction of sp³-hybridized carbons (Fsp3) is 0.235. The Kier molecular flexibility index (Phi) is 4.04. The Balaban J connectivity index is 1.82. The highest BCUT2D eigenvalue weighted by Gasteiger charge is 2.18. The minimum atomic E-state index is -0.866. The summed E-state index contributed by atoms with van der Waals surface area (Å²) in [5, 5.41) is 0. The third-order valence-corrected chi connectivity index (χ3v) is 3.83. The molecule has 1 aliphatic heterocycles. The molecule has 0 spiro atoms. The Bertz CT molecular complexity index is 713. The van der Waals surface area contributed by atoms with E-state index in [0.717, 1.165) is 31.1 Å². The van der Waals surface area contributed by atoms with Crippen LogP contribution < -0.4 is 10.6 Å². The van der Waals surface area contributed by atoms with Gasteiger partial charge in [-0.2, -0.15) is 0 Å². The molecule has 3 nitrogen and oxygen atoms in total. The topological polar surface area (TPSA) is 41.6 Å². The van der Waals surface area contributed by atoms with Crippen LogP contribution in [0.4, 0.5) is 14.5 Å². The molecule has 0 saturated carbocycles. The number of aryl methyl sites for hydroxylation is 1. The van der Waals surface area contributed by atoms with Crippen LogP contribution in [0.5, 0.6) is 0 Å². The number of para-hydroxylation sites is 1. The number of anilines is 1. The van der Waals surface area contributed by atoms with E-state index in [2.05, 4.69) is 11.1 Å². The molecule has 3 rings (SSSR count). The lowest BCUT2D eigenvalue weighted by Crippen LogP contribution is -2.40. The van der Waals surface area contributed by atoms with Crippen molar-refractivity contribution in [3.63, 3.8) is 0 Å². The predicted octanol–water partition coefficient (Wildman–Crippen LogP) is 3.23. The average molecular weight is 301 g/mol. The predicted molar refractivity (Wildman–Crippen MR) is 83.8 cm³/mol. The van der Waals surface area contributed by atoms with Crippen LogP contribution in [0, 0.1) is 11.6 Å². The van der Waals surface area contributed by atoms with Crippen LogP contribution in [0.3, 0.4) is 0 Å². The molecular formula is C17H17F2N3. The van der Waals surface area contributed by atoms with Crippen molar-refractivity contribution in [2.45, 2.75) is 19.4 Å². The molecule has 0 aliphatic carbocycles. The molecule has 1 aliphatic rings. The van der Waals surface area contributed by atoms with Crippen molar-refractivity contribution in [3.05, 3.63) is 65.2 Å². The lowest BCUT2D eigenvalue weighted by molar-refractivity contribution is 0.499. The lowest BCUT2D eigenvalue weighted by Gasteiger charge is -2.30. The Labute approximate surface area is 128 Å². The van der Waals surface area contributed by atoms with E-state index in [1.54, 1.807) is 0 Å². The SMILES string of the molecule is NC(=NCc1cccc(F)c1F)N1CCCc2ccccc21. The minimum Gasteiger partial charge on any atom is -0.370 e. The van der Waals surface area contributed by atoms with Gasteiger partial charge in [-0.1, -0.05) is 30.3 Å². The number of nitrogens with zero attached hydrogens (tertiary/aromatic N) is 2. The smallest absolute Gasteiger partial charge is 0.196 e. The van der Waals surface area contributed by atoms with E-state index in [-0.39, 0.29) is 12.1 Å². The molecule has 0 saturated heterocycles. The van der Waals surface area contributed by atoms with Crippen molar-refractivity contribution >= 4 is 11.6 Å². The summed E-state index contributed by atoms with van der Waals surface area (Å²) in [5.74, 6) is -1.40. The second-order valence-corrected chi connectivity index (χ2v) is 5.27. The number of guanidine groups is 1. The number of aliphatic imine (C=N–C) groups is 1. The first kappa shape index (κ1) is 14.5. The van der Waals surface area contributed by atoms with Gasteiger partial charge in [0.2, 0.25) is 0 Å². The van der Waals surface area contributed by atoms with E-state index >= 15 is 0 Å². The summed E-state index contributed by atoms with van der Waals surface area (Å²) in [6, 6.07) is 12.1.